The highest BCUT2D eigenvalue weighted by Gasteiger charge is 2.15. The van der Waals surface area contributed by atoms with Crippen LogP contribution < -0.4 is 0 Å². The Morgan fingerprint density at radius 3 is 2.47 bits per heavy atom. The molecule has 17 heavy (non-hydrogen) atoms. The van der Waals surface area contributed by atoms with Crippen LogP contribution in [-0.2, 0) is 20.4 Å². The molecule has 0 saturated heterocycles. The van der Waals surface area contributed by atoms with Crippen LogP contribution in [0.3, 0.4) is 0 Å². The number of phosphoric acid groups is 1. The van der Waals surface area contributed by atoms with E-state index in [-0.39, 0.29) is 6.61 Å². The molecule has 1 unspecified atom stereocenters. The Balaban J connectivity index is 2.30. The zero-order chi connectivity index (χ0) is 12.9. The molecule has 96 valence electrons. The smallest absolute Gasteiger partial charge is 0.371 e. The Bertz CT molecular complexity index is 388. The van der Waals surface area contributed by atoms with E-state index in [1.54, 1.807) is 19.1 Å². The second-order valence-corrected chi connectivity index (χ2v) is 5.21. The van der Waals surface area contributed by atoms with E-state index >= 15 is 0 Å². The summed E-state index contributed by atoms with van der Waals surface area (Å²) in [6, 6.07) is 7.13. The fourth-order valence-electron chi connectivity index (χ4n) is 1.07. The van der Waals surface area contributed by atoms with Crippen molar-refractivity contribution in [2.24, 2.45) is 0 Å². The van der Waals surface area contributed by atoms with E-state index in [4.69, 9.17) is 26.1 Å². The fourth-order valence-corrected chi connectivity index (χ4v) is 1.60. The van der Waals surface area contributed by atoms with E-state index in [1.165, 1.54) is 0 Å². The van der Waals surface area contributed by atoms with Gasteiger partial charge in [-0.25, -0.2) is 4.57 Å². The van der Waals surface area contributed by atoms with Crippen molar-refractivity contribution in [1.82, 2.24) is 0 Å². The average Bonchev–Trinajstić information content (AvgIpc) is 2.25. The van der Waals surface area contributed by atoms with Crippen molar-refractivity contribution in [3.05, 3.63) is 34.9 Å². The first kappa shape index (κ1) is 14.6. The molecular weight excluding hydrogens is 267 g/mol. The first-order valence-corrected chi connectivity index (χ1v) is 6.84. The van der Waals surface area contributed by atoms with Gasteiger partial charge in [0.15, 0.2) is 0 Å². The molecule has 0 bridgehead atoms. The monoisotopic (exact) mass is 280 g/mol. The highest BCUT2D eigenvalue weighted by molar-refractivity contribution is 7.46. The van der Waals surface area contributed by atoms with Crippen LogP contribution >= 0.6 is 19.4 Å². The molecule has 1 rings (SSSR count). The molecule has 5 nitrogen and oxygen atoms in total. The summed E-state index contributed by atoms with van der Waals surface area (Å²) < 4.78 is 20.1. The molecule has 0 aliphatic heterocycles. The molecule has 2 N–H and O–H groups in total. The van der Waals surface area contributed by atoms with E-state index in [0.29, 0.717) is 11.6 Å². The summed E-state index contributed by atoms with van der Waals surface area (Å²) in [5.74, 6) is 0. The summed E-state index contributed by atoms with van der Waals surface area (Å²) in [7, 11) is -4.42. The lowest BCUT2D eigenvalue weighted by Gasteiger charge is -2.13. The van der Waals surface area contributed by atoms with Crippen LogP contribution in [-0.4, -0.2) is 22.5 Å². The Labute approximate surface area is 105 Å². The molecular formula is C10H14ClO5P. The molecule has 0 saturated carbocycles. The molecule has 1 aromatic rings. The summed E-state index contributed by atoms with van der Waals surface area (Å²) in [6.45, 7) is 1.85. The first-order chi connectivity index (χ1) is 7.87. The maximum atomic E-state index is 10.4. The van der Waals surface area contributed by atoms with Crippen molar-refractivity contribution in [3.8, 4) is 0 Å². The fraction of sp³-hybridized carbons (Fsp3) is 0.400. The van der Waals surface area contributed by atoms with Crippen LogP contribution in [0.25, 0.3) is 0 Å². The third-order valence-corrected chi connectivity index (χ3v) is 2.66. The van der Waals surface area contributed by atoms with Gasteiger partial charge in [-0.3, -0.25) is 4.52 Å². The number of hydrogen-bond acceptors (Lipinski definition) is 3. The highest BCUT2D eigenvalue weighted by Crippen LogP contribution is 2.35. The second kappa shape index (κ2) is 6.50. The number of phosphoric ester groups is 1. The zero-order valence-electron chi connectivity index (χ0n) is 9.25. The molecule has 0 spiro atoms. The molecule has 0 heterocycles. The van der Waals surface area contributed by atoms with Crippen molar-refractivity contribution in [1.29, 1.82) is 0 Å². The number of ether oxygens (including phenoxy) is 1. The van der Waals surface area contributed by atoms with Gasteiger partial charge in [-0.15, -0.1) is 0 Å². The van der Waals surface area contributed by atoms with Gasteiger partial charge < -0.3 is 14.5 Å². The van der Waals surface area contributed by atoms with Crippen LogP contribution in [0.15, 0.2) is 24.3 Å². The van der Waals surface area contributed by atoms with Gasteiger partial charge in [-0.1, -0.05) is 23.7 Å². The van der Waals surface area contributed by atoms with Crippen molar-refractivity contribution in [2.75, 3.05) is 6.61 Å². The van der Waals surface area contributed by atoms with Crippen LogP contribution in [0.2, 0.25) is 5.02 Å². The number of halogens is 1. The standard InChI is InChI=1S/C10H14ClO5P/c1-8(6-16-17(12,13)14)15-7-9-2-4-10(11)5-3-9/h2-5,8H,6-7H2,1H3,(H2,12,13,14). The quantitative estimate of drug-likeness (QED) is 0.782. The molecule has 1 aromatic carbocycles. The first-order valence-electron chi connectivity index (χ1n) is 4.93. The Morgan fingerprint density at radius 2 is 1.94 bits per heavy atom. The Morgan fingerprint density at radius 1 is 1.35 bits per heavy atom. The molecule has 0 radical (unpaired) electrons. The third kappa shape index (κ3) is 6.78. The van der Waals surface area contributed by atoms with Crippen LogP contribution in [0.4, 0.5) is 0 Å². The minimum absolute atomic E-state index is 0.155. The minimum atomic E-state index is -4.42. The van der Waals surface area contributed by atoms with Gasteiger partial charge in [0, 0.05) is 5.02 Å². The topological polar surface area (TPSA) is 76.0 Å². The van der Waals surface area contributed by atoms with Crippen LogP contribution in [0.1, 0.15) is 12.5 Å². The number of benzene rings is 1. The van der Waals surface area contributed by atoms with Gasteiger partial charge >= 0.3 is 7.82 Å². The summed E-state index contributed by atoms with van der Waals surface area (Å²) in [6.07, 6.45) is -0.404. The normalized spacial score (nSPS) is 13.6. The predicted molar refractivity (Wildman–Crippen MR) is 63.7 cm³/mol. The van der Waals surface area contributed by atoms with E-state index < -0.39 is 13.9 Å². The van der Waals surface area contributed by atoms with Gasteiger partial charge in [0.25, 0.3) is 0 Å². The lowest BCUT2D eigenvalue weighted by Crippen LogP contribution is -2.15. The number of rotatable bonds is 6. The molecule has 0 aliphatic rings. The van der Waals surface area contributed by atoms with Crippen molar-refractivity contribution in [2.45, 2.75) is 19.6 Å². The van der Waals surface area contributed by atoms with E-state index in [0.717, 1.165) is 5.56 Å². The van der Waals surface area contributed by atoms with Gasteiger partial charge in [-0.05, 0) is 24.6 Å². The lowest BCUT2D eigenvalue weighted by molar-refractivity contribution is 0.0134. The SMILES string of the molecule is CC(COP(=O)(O)O)OCc1ccc(Cl)cc1. The summed E-state index contributed by atoms with van der Waals surface area (Å²) in [5, 5.41) is 0.645. The molecule has 0 amide bonds. The predicted octanol–water partition coefficient (Wildman–Crippen LogP) is 2.35. The lowest BCUT2D eigenvalue weighted by atomic mass is 10.2. The van der Waals surface area contributed by atoms with E-state index in [2.05, 4.69) is 4.52 Å². The zero-order valence-corrected chi connectivity index (χ0v) is 10.9. The van der Waals surface area contributed by atoms with Gasteiger partial charge in [0.1, 0.15) is 0 Å². The van der Waals surface area contributed by atoms with Crippen molar-refractivity contribution < 1.29 is 23.6 Å². The minimum Gasteiger partial charge on any atom is -0.371 e. The largest absolute Gasteiger partial charge is 0.469 e. The van der Waals surface area contributed by atoms with Crippen LogP contribution in [0, 0.1) is 0 Å². The summed E-state index contributed by atoms with van der Waals surface area (Å²) in [5.41, 5.74) is 0.928. The summed E-state index contributed by atoms with van der Waals surface area (Å²) in [4.78, 5) is 17.0. The Kier molecular flexibility index (Phi) is 5.59. The molecule has 0 aromatic heterocycles. The molecule has 0 fully saturated rings. The molecule has 7 heteroatoms. The van der Waals surface area contributed by atoms with Gasteiger partial charge in [0.05, 0.1) is 19.3 Å². The van der Waals surface area contributed by atoms with Crippen molar-refractivity contribution in [3.63, 3.8) is 0 Å². The highest BCUT2D eigenvalue weighted by atomic mass is 35.5. The number of hydrogen-bond donors (Lipinski definition) is 2. The van der Waals surface area contributed by atoms with Gasteiger partial charge in [-0.2, -0.15) is 0 Å². The average molecular weight is 281 g/mol. The maximum absolute atomic E-state index is 10.4. The maximum Gasteiger partial charge on any atom is 0.469 e. The summed E-state index contributed by atoms with van der Waals surface area (Å²) >= 11 is 5.73. The van der Waals surface area contributed by atoms with Crippen LogP contribution in [0.5, 0.6) is 0 Å². The second-order valence-electron chi connectivity index (χ2n) is 3.53. The van der Waals surface area contributed by atoms with Crippen molar-refractivity contribution >= 4 is 19.4 Å². The molecule has 0 aliphatic carbocycles. The third-order valence-electron chi connectivity index (χ3n) is 1.93. The van der Waals surface area contributed by atoms with Gasteiger partial charge in [0.2, 0.25) is 0 Å². The Hall–Kier alpha value is -0.420. The molecule has 1 atom stereocenters. The van der Waals surface area contributed by atoms with E-state index in [1.807, 2.05) is 12.1 Å². The van der Waals surface area contributed by atoms with E-state index in [9.17, 15) is 4.57 Å².